The van der Waals surface area contributed by atoms with Crippen molar-refractivity contribution in [2.45, 2.75) is 50.7 Å². The number of likely N-dealkylation sites (N-methyl/N-ethyl adjacent to an activating group) is 1. The first-order valence-electron chi connectivity index (χ1n) is 7.64. The van der Waals surface area contributed by atoms with Gasteiger partial charge in [-0.2, -0.15) is 0 Å². The number of likely N-dealkylation sites (tertiary alicyclic amines) is 1. The number of nitrogens with zero attached hydrogens (tertiary/aromatic N) is 1. The second-order valence-electron chi connectivity index (χ2n) is 6.16. The van der Waals surface area contributed by atoms with Crippen molar-refractivity contribution in [2.75, 3.05) is 20.7 Å². The second kappa shape index (κ2) is 6.39. The highest BCUT2D eigenvalue weighted by atomic mass is 16.6. The molecule has 0 saturated carbocycles. The molecule has 0 radical (unpaired) electrons. The van der Waals surface area contributed by atoms with Crippen LogP contribution in [0.4, 0.5) is 4.79 Å². The molecule has 2 aliphatic rings. The summed E-state index contributed by atoms with van der Waals surface area (Å²) >= 11 is 0. The van der Waals surface area contributed by atoms with Crippen LogP contribution in [0.5, 0.6) is 0 Å². The fourth-order valence-electron chi connectivity index (χ4n) is 2.94. The topological polar surface area (TPSA) is 109 Å². The summed E-state index contributed by atoms with van der Waals surface area (Å²) in [4.78, 5) is 26.2. The molecular formula is C14H26N4O4. The van der Waals surface area contributed by atoms with Gasteiger partial charge in [-0.1, -0.05) is 13.8 Å². The second-order valence-corrected chi connectivity index (χ2v) is 6.16. The molecule has 2 rings (SSSR count). The molecule has 8 nitrogen and oxygen atoms in total. The summed E-state index contributed by atoms with van der Waals surface area (Å²) in [6, 6.07) is -0.00827. The van der Waals surface area contributed by atoms with Crippen molar-refractivity contribution in [1.82, 2.24) is 15.5 Å². The van der Waals surface area contributed by atoms with Gasteiger partial charge in [0.15, 0.2) is 5.66 Å². The van der Waals surface area contributed by atoms with Crippen LogP contribution in [-0.2, 0) is 14.3 Å². The number of nitrogens with two attached hydrogens (primary N) is 1. The van der Waals surface area contributed by atoms with Gasteiger partial charge in [0.05, 0.1) is 13.2 Å². The van der Waals surface area contributed by atoms with Crippen molar-refractivity contribution >= 4 is 12.0 Å². The molecule has 2 heterocycles. The molecule has 0 aliphatic carbocycles. The Labute approximate surface area is 130 Å². The summed E-state index contributed by atoms with van der Waals surface area (Å²) in [6.07, 6.45) is 1.04. The van der Waals surface area contributed by atoms with Crippen LogP contribution < -0.4 is 16.4 Å². The monoisotopic (exact) mass is 314 g/mol. The molecule has 2 aliphatic heterocycles. The number of alkyl carbamates (subject to hydrolysis) is 1. The Bertz CT molecular complexity index is 445. The van der Waals surface area contributed by atoms with Gasteiger partial charge < -0.3 is 20.1 Å². The van der Waals surface area contributed by atoms with E-state index in [1.807, 2.05) is 7.05 Å². The maximum atomic E-state index is 13.0. The molecule has 0 aromatic carbocycles. The van der Waals surface area contributed by atoms with Gasteiger partial charge in [0.1, 0.15) is 12.3 Å². The van der Waals surface area contributed by atoms with E-state index in [2.05, 4.69) is 15.4 Å². The lowest BCUT2D eigenvalue weighted by molar-refractivity contribution is -0.141. The van der Waals surface area contributed by atoms with Crippen molar-refractivity contribution in [3.05, 3.63) is 0 Å². The Hall–Kier alpha value is -1.38. The van der Waals surface area contributed by atoms with Crippen LogP contribution in [0.15, 0.2) is 0 Å². The minimum absolute atomic E-state index is 0.00827. The highest BCUT2D eigenvalue weighted by Gasteiger charge is 2.52. The van der Waals surface area contributed by atoms with Gasteiger partial charge in [-0.25, -0.2) is 4.79 Å². The Morgan fingerprint density at radius 1 is 1.45 bits per heavy atom. The standard InChI is InChI=1S/C14H26N4O4/c1-8(2)14(15,17-13(20)21-4)12(19)18-7-5-6-9(18)10-11(16-3)22-10/h8-11,16H,5-7,15H2,1-4H3,(H,17,20)/t9-,10?,11?,14-/m0/s1. The van der Waals surface area contributed by atoms with Crippen molar-refractivity contribution in [1.29, 1.82) is 0 Å². The highest BCUT2D eigenvalue weighted by molar-refractivity contribution is 5.90. The SMILES string of the molecule is CNC1OC1[C@@H]1CCCN1C(=O)[C@@](N)(NC(=O)OC)C(C)C. The summed E-state index contributed by atoms with van der Waals surface area (Å²) < 4.78 is 10.1. The van der Waals surface area contributed by atoms with Gasteiger partial charge in [0.25, 0.3) is 5.91 Å². The first-order valence-corrected chi connectivity index (χ1v) is 7.64. The van der Waals surface area contributed by atoms with Gasteiger partial charge in [0, 0.05) is 6.54 Å². The van der Waals surface area contributed by atoms with Crippen LogP contribution in [0.1, 0.15) is 26.7 Å². The van der Waals surface area contributed by atoms with E-state index in [1.54, 1.807) is 18.7 Å². The third-order valence-electron chi connectivity index (χ3n) is 4.51. The van der Waals surface area contributed by atoms with Crippen molar-refractivity contribution in [2.24, 2.45) is 11.7 Å². The number of rotatable bonds is 5. The summed E-state index contributed by atoms with van der Waals surface area (Å²) in [6.45, 7) is 4.21. The third-order valence-corrected chi connectivity index (χ3v) is 4.51. The molecule has 2 unspecified atom stereocenters. The molecule has 22 heavy (non-hydrogen) atoms. The van der Waals surface area contributed by atoms with Crippen LogP contribution in [-0.4, -0.2) is 61.6 Å². The van der Waals surface area contributed by atoms with E-state index in [-0.39, 0.29) is 30.2 Å². The molecule has 0 spiro atoms. The summed E-state index contributed by atoms with van der Waals surface area (Å²) in [5.41, 5.74) is 4.74. The minimum atomic E-state index is -1.49. The molecule has 4 N–H and O–H groups in total. The van der Waals surface area contributed by atoms with E-state index >= 15 is 0 Å². The number of carbonyl (C=O) groups excluding carboxylic acids is 2. The molecule has 8 heteroatoms. The van der Waals surface area contributed by atoms with Crippen molar-refractivity contribution < 1.29 is 19.1 Å². The van der Waals surface area contributed by atoms with Gasteiger partial charge >= 0.3 is 6.09 Å². The van der Waals surface area contributed by atoms with E-state index in [9.17, 15) is 9.59 Å². The van der Waals surface area contributed by atoms with Crippen LogP contribution in [0.3, 0.4) is 0 Å². The maximum Gasteiger partial charge on any atom is 0.408 e. The number of carbonyl (C=O) groups is 2. The van der Waals surface area contributed by atoms with E-state index < -0.39 is 11.8 Å². The van der Waals surface area contributed by atoms with Crippen LogP contribution in [0.25, 0.3) is 0 Å². The molecule has 0 aromatic rings. The zero-order valence-electron chi connectivity index (χ0n) is 13.6. The minimum Gasteiger partial charge on any atom is -0.453 e. The van der Waals surface area contributed by atoms with E-state index in [0.29, 0.717) is 6.54 Å². The van der Waals surface area contributed by atoms with Gasteiger partial charge in [-0.3, -0.25) is 15.4 Å². The van der Waals surface area contributed by atoms with E-state index in [0.717, 1.165) is 12.8 Å². The largest absolute Gasteiger partial charge is 0.453 e. The van der Waals surface area contributed by atoms with Gasteiger partial charge in [-0.05, 0) is 25.8 Å². The lowest BCUT2D eigenvalue weighted by Crippen LogP contribution is -2.69. The molecule has 2 saturated heterocycles. The van der Waals surface area contributed by atoms with E-state index in [4.69, 9.17) is 10.5 Å². The number of hydrogen-bond donors (Lipinski definition) is 3. The number of methoxy groups -OCH3 is 1. The summed E-state index contributed by atoms with van der Waals surface area (Å²) in [5.74, 6) is -0.568. The zero-order chi connectivity index (χ0) is 16.5. The van der Waals surface area contributed by atoms with Crippen LogP contribution in [0, 0.1) is 5.92 Å². The average Bonchev–Trinajstić information content (AvgIpc) is 3.12. The number of epoxide rings is 1. The van der Waals surface area contributed by atoms with E-state index in [1.165, 1.54) is 7.11 Å². The Balaban J connectivity index is 2.14. The fraction of sp³-hybridized carbons (Fsp3) is 0.857. The molecule has 4 atom stereocenters. The smallest absolute Gasteiger partial charge is 0.408 e. The predicted octanol–water partition coefficient (Wildman–Crippen LogP) is -0.411. The Kier molecular flexibility index (Phi) is 4.93. The van der Waals surface area contributed by atoms with Crippen molar-refractivity contribution in [3.8, 4) is 0 Å². The van der Waals surface area contributed by atoms with Crippen LogP contribution >= 0.6 is 0 Å². The highest BCUT2D eigenvalue weighted by Crippen LogP contribution is 2.34. The lowest BCUT2D eigenvalue weighted by atomic mass is 9.94. The number of amides is 2. The number of nitrogens with one attached hydrogen (secondary N) is 2. The first-order chi connectivity index (χ1) is 10.3. The molecule has 2 fully saturated rings. The molecule has 2 amide bonds. The van der Waals surface area contributed by atoms with Crippen LogP contribution in [0.2, 0.25) is 0 Å². The average molecular weight is 314 g/mol. The Morgan fingerprint density at radius 2 is 2.14 bits per heavy atom. The normalized spacial score (nSPS) is 30.1. The lowest BCUT2D eigenvalue weighted by Gasteiger charge is -2.37. The zero-order valence-corrected chi connectivity index (χ0v) is 13.6. The predicted molar refractivity (Wildman–Crippen MR) is 79.8 cm³/mol. The molecule has 0 aromatic heterocycles. The Morgan fingerprint density at radius 3 is 2.64 bits per heavy atom. The molecular weight excluding hydrogens is 288 g/mol. The third kappa shape index (κ3) is 3.04. The molecule has 0 bridgehead atoms. The van der Waals surface area contributed by atoms with Crippen molar-refractivity contribution in [3.63, 3.8) is 0 Å². The summed E-state index contributed by atoms with van der Waals surface area (Å²) in [5, 5.41) is 5.54. The quantitative estimate of drug-likeness (QED) is 0.470. The van der Waals surface area contributed by atoms with Gasteiger partial charge in [0.2, 0.25) is 0 Å². The maximum absolute atomic E-state index is 13.0. The molecule has 126 valence electrons. The number of hydrogen-bond acceptors (Lipinski definition) is 6. The van der Waals surface area contributed by atoms with Gasteiger partial charge in [-0.15, -0.1) is 0 Å². The first kappa shape index (κ1) is 17.0. The number of ether oxygens (including phenoxy) is 2. The fourth-order valence-corrected chi connectivity index (χ4v) is 2.94. The summed E-state index contributed by atoms with van der Waals surface area (Å²) in [7, 11) is 3.07.